The summed E-state index contributed by atoms with van der Waals surface area (Å²) in [6, 6.07) is 9.43. The van der Waals surface area contributed by atoms with Gasteiger partial charge in [0.25, 0.3) is 0 Å². The van der Waals surface area contributed by atoms with Gasteiger partial charge in [0.05, 0.1) is 0 Å². The number of rotatable bonds is 3. The molecule has 12 heavy (non-hydrogen) atoms. The molecule has 0 aromatic heterocycles. The van der Waals surface area contributed by atoms with E-state index in [9.17, 15) is 5.41 Å². The topological polar surface area (TPSA) is 22.3 Å². The van der Waals surface area contributed by atoms with Crippen LogP contribution in [0, 0.1) is 12.3 Å². The van der Waals surface area contributed by atoms with E-state index < -0.39 is 0 Å². The zero-order valence-corrected chi connectivity index (χ0v) is 6.83. The molecule has 1 aromatic carbocycles. The molecule has 1 rings (SSSR count). The van der Waals surface area contributed by atoms with Crippen LogP contribution in [0.2, 0.25) is 0 Å². The van der Waals surface area contributed by atoms with E-state index in [1.807, 2.05) is 30.3 Å². The summed E-state index contributed by atoms with van der Waals surface area (Å²) in [5.41, 5.74) is 1.22. The molecule has 1 aromatic rings. The quantitative estimate of drug-likeness (QED) is 0.474. The van der Waals surface area contributed by atoms with Crippen LogP contribution in [-0.2, 0) is 0 Å². The van der Waals surface area contributed by atoms with Gasteiger partial charge in [0, 0.05) is 6.42 Å². The van der Waals surface area contributed by atoms with E-state index in [2.05, 4.69) is 5.92 Å². The van der Waals surface area contributed by atoms with Gasteiger partial charge in [-0.1, -0.05) is 30.3 Å². The zero-order valence-electron chi connectivity index (χ0n) is 6.83. The molecule has 1 nitrogen and oxygen atoms in total. The molecule has 0 saturated heterocycles. The summed E-state index contributed by atoms with van der Waals surface area (Å²) in [6.45, 7) is 0. The number of benzene rings is 1. The van der Waals surface area contributed by atoms with Crippen molar-refractivity contribution in [2.75, 3.05) is 0 Å². The van der Waals surface area contributed by atoms with Crippen molar-refractivity contribution in [3.63, 3.8) is 0 Å². The molecule has 0 heterocycles. The number of hydrogen-bond donors (Lipinski definition) is 0. The highest BCUT2D eigenvalue weighted by Gasteiger charge is 1.89. The van der Waals surface area contributed by atoms with E-state index in [1.165, 1.54) is 0 Å². The van der Waals surface area contributed by atoms with Crippen molar-refractivity contribution in [1.29, 1.82) is 0 Å². The molecule has 0 aliphatic rings. The number of nitrogens with zero attached hydrogens (tertiary/aromatic N) is 1. The fourth-order valence-electron chi connectivity index (χ4n) is 0.965. The Bertz CT molecular complexity index is 293. The van der Waals surface area contributed by atoms with Crippen LogP contribution in [0.4, 0.5) is 0 Å². The van der Waals surface area contributed by atoms with Gasteiger partial charge in [0.1, 0.15) is 0 Å². The molecular weight excluding hydrogens is 146 g/mol. The molecule has 0 aliphatic heterocycles. The first-order chi connectivity index (χ1) is 5.84. The maximum Gasteiger partial charge on any atom is 0.0109 e. The molecule has 0 aliphatic carbocycles. The van der Waals surface area contributed by atoms with Crippen molar-refractivity contribution in [3.8, 4) is 12.3 Å². The maximum atomic E-state index is 9.47. The molecule has 0 amide bonds. The Morgan fingerprint density at radius 3 is 2.58 bits per heavy atom. The summed E-state index contributed by atoms with van der Waals surface area (Å²) < 4.78 is 0. The van der Waals surface area contributed by atoms with E-state index >= 15 is 0 Å². The van der Waals surface area contributed by atoms with E-state index in [4.69, 9.17) is 6.42 Å². The first kappa shape index (κ1) is 8.55. The highest BCUT2D eigenvalue weighted by atomic mass is 14.4. The Balaban J connectivity index is 2.61. The third-order valence-electron chi connectivity index (χ3n) is 1.61. The van der Waals surface area contributed by atoms with Crippen LogP contribution in [0.15, 0.2) is 30.3 Å². The number of hydrogen-bond acceptors (Lipinski definition) is 0. The molecular formula is C11H10N-. The second-order valence-electron chi connectivity index (χ2n) is 2.52. The highest BCUT2D eigenvalue weighted by molar-refractivity contribution is 6.02. The molecule has 0 bridgehead atoms. The van der Waals surface area contributed by atoms with Crippen molar-refractivity contribution < 1.29 is 0 Å². The summed E-state index contributed by atoms with van der Waals surface area (Å²) in [6.07, 6.45) is 6.22. The van der Waals surface area contributed by atoms with E-state index in [0.29, 0.717) is 18.6 Å². The molecule has 0 spiro atoms. The van der Waals surface area contributed by atoms with E-state index in [0.717, 1.165) is 5.56 Å². The van der Waals surface area contributed by atoms with Gasteiger partial charge >= 0.3 is 0 Å². The van der Waals surface area contributed by atoms with Crippen molar-refractivity contribution in [1.82, 2.24) is 0 Å². The SMILES string of the molecule is C#CCCC(=[N-])c1ccccc1. The van der Waals surface area contributed by atoms with Crippen LogP contribution >= 0.6 is 0 Å². The van der Waals surface area contributed by atoms with Gasteiger partial charge in [-0.15, -0.1) is 12.3 Å². The summed E-state index contributed by atoms with van der Waals surface area (Å²) in [4.78, 5) is 0. The zero-order chi connectivity index (χ0) is 8.81. The molecule has 0 N–H and O–H groups in total. The van der Waals surface area contributed by atoms with Crippen LogP contribution in [0.25, 0.3) is 5.41 Å². The van der Waals surface area contributed by atoms with Gasteiger partial charge in [-0.2, -0.15) is 5.71 Å². The lowest BCUT2D eigenvalue weighted by atomic mass is 10.1. The highest BCUT2D eigenvalue weighted by Crippen LogP contribution is 2.04. The Hall–Kier alpha value is -1.55. The van der Waals surface area contributed by atoms with Crippen LogP contribution < -0.4 is 0 Å². The van der Waals surface area contributed by atoms with Crippen molar-refractivity contribution in [3.05, 3.63) is 41.3 Å². The standard InChI is InChI=1S/C11H10N/c1-2-3-9-11(12)10-7-5-4-6-8-10/h1,4-8H,3,9H2/q-1. The largest absolute Gasteiger partial charge is 0.807 e. The van der Waals surface area contributed by atoms with Crippen LogP contribution in [0.1, 0.15) is 18.4 Å². The predicted molar refractivity (Wildman–Crippen MR) is 52.0 cm³/mol. The summed E-state index contributed by atoms with van der Waals surface area (Å²) in [7, 11) is 0. The number of terminal acetylenes is 1. The second-order valence-corrected chi connectivity index (χ2v) is 2.52. The van der Waals surface area contributed by atoms with Crippen molar-refractivity contribution >= 4 is 5.71 Å². The minimum Gasteiger partial charge on any atom is -0.807 e. The molecule has 0 radical (unpaired) electrons. The fourth-order valence-corrected chi connectivity index (χ4v) is 0.965. The first-order valence-corrected chi connectivity index (χ1v) is 3.88. The predicted octanol–water partition coefficient (Wildman–Crippen LogP) is 2.46. The molecule has 0 unspecified atom stereocenters. The van der Waals surface area contributed by atoms with Crippen molar-refractivity contribution in [2.24, 2.45) is 0 Å². The minimum atomic E-state index is 0.369. The van der Waals surface area contributed by atoms with Gasteiger partial charge in [0.2, 0.25) is 0 Å². The lowest BCUT2D eigenvalue weighted by Gasteiger charge is -2.10. The summed E-state index contributed by atoms with van der Waals surface area (Å²) in [5, 5.41) is 9.47. The summed E-state index contributed by atoms with van der Waals surface area (Å²) in [5.74, 6) is 2.49. The molecule has 0 atom stereocenters. The molecule has 0 saturated carbocycles. The van der Waals surface area contributed by atoms with Crippen LogP contribution in [-0.4, -0.2) is 5.71 Å². The van der Waals surface area contributed by atoms with E-state index in [1.54, 1.807) is 0 Å². The molecule has 1 heteroatoms. The normalized spacial score (nSPS) is 8.92. The maximum absolute atomic E-state index is 9.47. The van der Waals surface area contributed by atoms with Crippen molar-refractivity contribution in [2.45, 2.75) is 12.8 Å². The molecule has 0 fully saturated rings. The third kappa shape index (κ3) is 2.25. The van der Waals surface area contributed by atoms with Gasteiger partial charge in [-0.05, 0) is 12.0 Å². The average molecular weight is 156 g/mol. The van der Waals surface area contributed by atoms with E-state index in [-0.39, 0.29) is 0 Å². The monoisotopic (exact) mass is 156 g/mol. The lowest BCUT2D eigenvalue weighted by molar-refractivity contribution is 1.15. The van der Waals surface area contributed by atoms with Crippen LogP contribution in [0.3, 0.4) is 0 Å². The van der Waals surface area contributed by atoms with Crippen LogP contribution in [0.5, 0.6) is 0 Å². The van der Waals surface area contributed by atoms with Gasteiger partial charge in [-0.3, -0.25) is 0 Å². The lowest BCUT2D eigenvalue weighted by Crippen LogP contribution is -1.96. The first-order valence-electron chi connectivity index (χ1n) is 3.88. The molecule has 60 valence electrons. The fraction of sp³-hybridized carbons (Fsp3) is 0.182. The Morgan fingerprint density at radius 1 is 1.33 bits per heavy atom. The van der Waals surface area contributed by atoms with Gasteiger partial charge in [-0.25, -0.2) is 0 Å². The third-order valence-corrected chi connectivity index (χ3v) is 1.61. The Kier molecular flexibility index (Phi) is 3.10. The smallest absolute Gasteiger partial charge is 0.0109 e. The second kappa shape index (κ2) is 4.35. The average Bonchev–Trinajstić information content (AvgIpc) is 2.15. The van der Waals surface area contributed by atoms with Gasteiger partial charge in [0.15, 0.2) is 0 Å². The summed E-state index contributed by atoms with van der Waals surface area (Å²) >= 11 is 0. The minimum absolute atomic E-state index is 0.369. The Labute approximate surface area is 72.9 Å². The van der Waals surface area contributed by atoms with Gasteiger partial charge < -0.3 is 5.41 Å². The Morgan fingerprint density at radius 2 is 2.00 bits per heavy atom.